The van der Waals surface area contributed by atoms with Crippen LogP contribution in [0.3, 0.4) is 0 Å². The first-order chi connectivity index (χ1) is 10.5. The number of aliphatic carboxylic acids is 2. The second-order valence-electron chi connectivity index (χ2n) is 6.88. The molecule has 0 bridgehead atoms. The fraction of sp³-hybridized carbons (Fsp3) is 0.765. The summed E-state index contributed by atoms with van der Waals surface area (Å²) >= 11 is 0. The molecule has 0 saturated carbocycles. The van der Waals surface area contributed by atoms with Crippen LogP contribution >= 0.6 is 0 Å². The largest absolute Gasteiger partial charge is 0.481 e. The number of Topliss-reactive ketones (excluding diaryl/α,β-unsaturated/α-hetero) is 2. The van der Waals surface area contributed by atoms with Crippen molar-refractivity contribution in [2.45, 2.75) is 72.1 Å². The Kier molecular flexibility index (Phi) is 9.37. The Hall–Kier alpha value is -1.72. The lowest BCUT2D eigenvalue weighted by Crippen LogP contribution is -2.26. The number of rotatable bonds is 13. The molecule has 0 rings (SSSR count). The third-order valence-electron chi connectivity index (χ3n) is 4.28. The molecular weight excluding hydrogens is 300 g/mol. The van der Waals surface area contributed by atoms with E-state index in [1.165, 1.54) is 0 Å². The van der Waals surface area contributed by atoms with Crippen molar-refractivity contribution in [2.75, 3.05) is 0 Å². The van der Waals surface area contributed by atoms with Gasteiger partial charge in [0.2, 0.25) is 0 Å². The van der Waals surface area contributed by atoms with Gasteiger partial charge in [-0.15, -0.1) is 0 Å². The lowest BCUT2D eigenvalue weighted by molar-refractivity contribution is -0.142. The van der Waals surface area contributed by atoms with Gasteiger partial charge in [0.05, 0.1) is 0 Å². The van der Waals surface area contributed by atoms with Crippen LogP contribution in [0.2, 0.25) is 0 Å². The molecule has 0 aromatic rings. The van der Waals surface area contributed by atoms with E-state index >= 15 is 0 Å². The molecule has 132 valence electrons. The van der Waals surface area contributed by atoms with Gasteiger partial charge < -0.3 is 10.2 Å². The van der Waals surface area contributed by atoms with Gasteiger partial charge in [-0.3, -0.25) is 19.2 Å². The number of carboxylic acid groups (broad SMARTS) is 2. The standard InChI is InChI=1S/C17H28O6/c1-12(17(2,3)11-14(19)10-16(22)23)7-5-4-6-8-13(18)9-15(20)21/h12H,4-11H2,1-3H3,(H,20,21)(H,22,23). The molecule has 0 aliphatic carbocycles. The third-order valence-corrected chi connectivity index (χ3v) is 4.28. The van der Waals surface area contributed by atoms with Gasteiger partial charge >= 0.3 is 11.9 Å². The lowest BCUT2D eigenvalue weighted by atomic mass is 9.73. The fourth-order valence-electron chi connectivity index (χ4n) is 2.51. The molecule has 0 radical (unpaired) electrons. The van der Waals surface area contributed by atoms with E-state index in [-0.39, 0.29) is 29.3 Å². The molecule has 0 spiro atoms. The second-order valence-corrected chi connectivity index (χ2v) is 6.88. The Morgan fingerprint density at radius 3 is 1.91 bits per heavy atom. The number of carbonyl (C=O) groups is 4. The normalized spacial score (nSPS) is 12.7. The zero-order chi connectivity index (χ0) is 18.0. The van der Waals surface area contributed by atoms with Crippen LogP contribution in [0, 0.1) is 11.3 Å². The molecule has 0 saturated heterocycles. The maximum atomic E-state index is 11.6. The molecule has 0 aliphatic heterocycles. The van der Waals surface area contributed by atoms with Crippen molar-refractivity contribution < 1.29 is 29.4 Å². The maximum Gasteiger partial charge on any atom is 0.310 e. The Labute approximate surface area is 137 Å². The second kappa shape index (κ2) is 10.1. The predicted molar refractivity (Wildman–Crippen MR) is 85.2 cm³/mol. The lowest BCUT2D eigenvalue weighted by Gasteiger charge is -2.31. The van der Waals surface area contributed by atoms with E-state index in [0.717, 1.165) is 19.3 Å². The summed E-state index contributed by atoms with van der Waals surface area (Å²) in [6.07, 6.45) is 3.01. The summed E-state index contributed by atoms with van der Waals surface area (Å²) < 4.78 is 0. The molecule has 23 heavy (non-hydrogen) atoms. The quantitative estimate of drug-likeness (QED) is 0.397. The number of unbranched alkanes of at least 4 members (excludes halogenated alkanes) is 2. The minimum absolute atomic E-state index is 0.245. The SMILES string of the molecule is CC(CCCCCC(=O)CC(=O)O)C(C)(C)CC(=O)CC(=O)O. The van der Waals surface area contributed by atoms with Gasteiger partial charge in [0.15, 0.2) is 0 Å². The average molecular weight is 328 g/mol. The number of carbonyl (C=O) groups excluding carboxylic acids is 2. The molecule has 0 aromatic carbocycles. The Morgan fingerprint density at radius 1 is 0.870 bits per heavy atom. The van der Waals surface area contributed by atoms with Gasteiger partial charge in [-0.2, -0.15) is 0 Å². The highest BCUT2D eigenvalue weighted by Gasteiger charge is 2.28. The van der Waals surface area contributed by atoms with Gasteiger partial charge in [0.25, 0.3) is 0 Å². The smallest absolute Gasteiger partial charge is 0.310 e. The Morgan fingerprint density at radius 2 is 1.39 bits per heavy atom. The molecule has 0 aliphatic rings. The summed E-state index contributed by atoms with van der Waals surface area (Å²) in [5.74, 6) is -2.42. The van der Waals surface area contributed by atoms with Crippen molar-refractivity contribution in [1.29, 1.82) is 0 Å². The van der Waals surface area contributed by atoms with E-state index in [2.05, 4.69) is 0 Å². The van der Waals surface area contributed by atoms with Gasteiger partial charge in [0, 0.05) is 12.8 Å². The summed E-state index contributed by atoms with van der Waals surface area (Å²) in [7, 11) is 0. The highest BCUT2D eigenvalue weighted by molar-refractivity contribution is 5.95. The molecule has 2 N–H and O–H groups in total. The first kappa shape index (κ1) is 21.3. The molecule has 6 nitrogen and oxygen atoms in total. The molecule has 1 unspecified atom stereocenters. The summed E-state index contributed by atoms with van der Waals surface area (Å²) in [6, 6.07) is 0. The van der Waals surface area contributed by atoms with Crippen molar-refractivity contribution in [3.8, 4) is 0 Å². The van der Waals surface area contributed by atoms with Crippen LogP contribution in [-0.4, -0.2) is 33.7 Å². The van der Waals surface area contributed by atoms with Crippen molar-refractivity contribution in [3.63, 3.8) is 0 Å². The van der Waals surface area contributed by atoms with E-state index < -0.39 is 24.8 Å². The van der Waals surface area contributed by atoms with Crippen LogP contribution in [-0.2, 0) is 19.2 Å². The van der Waals surface area contributed by atoms with Crippen molar-refractivity contribution in [2.24, 2.45) is 11.3 Å². The molecule has 0 amide bonds. The van der Waals surface area contributed by atoms with Crippen LogP contribution in [0.1, 0.15) is 72.1 Å². The Balaban J connectivity index is 4.01. The van der Waals surface area contributed by atoms with Gasteiger partial charge in [-0.05, 0) is 17.8 Å². The van der Waals surface area contributed by atoms with E-state index in [1.807, 2.05) is 20.8 Å². The van der Waals surface area contributed by atoms with Crippen LogP contribution in [0.15, 0.2) is 0 Å². The number of ketones is 2. The third kappa shape index (κ3) is 10.6. The molecule has 0 aromatic heterocycles. The molecular formula is C17H28O6. The zero-order valence-electron chi connectivity index (χ0n) is 14.3. The fourth-order valence-corrected chi connectivity index (χ4v) is 2.51. The van der Waals surface area contributed by atoms with Crippen LogP contribution in [0.25, 0.3) is 0 Å². The van der Waals surface area contributed by atoms with Crippen LogP contribution < -0.4 is 0 Å². The van der Waals surface area contributed by atoms with E-state index in [4.69, 9.17) is 10.2 Å². The molecule has 0 fully saturated rings. The van der Waals surface area contributed by atoms with Crippen molar-refractivity contribution in [3.05, 3.63) is 0 Å². The Bertz CT molecular complexity index is 438. The van der Waals surface area contributed by atoms with E-state index in [9.17, 15) is 19.2 Å². The minimum Gasteiger partial charge on any atom is -0.481 e. The predicted octanol–water partition coefficient (Wildman–Crippen LogP) is 3.08. The van der Waals surface area contributed by atoms with Crippen molar-refractivity contribution in [1.82, 2.24) is 0 Å². The first-order valence-corrected chi connectivity index (χ1v) is 8.01. The molecule has 0 heterocycles. The number of hydrogen-bond donors (Lipinski definition) is 2. The number of hydrogen-bond acceptors (Lipinski definition) is 4. The zero-order valence-corrected chi connectivity index (χ0v) is 14.3. The maximum absolute atomic E-state index is 11.6. The minimum atomic E-state index is -1.09. The summed E-state index contributed by atoms with van der Waals surface area (Å²) in [4.78, 5) is 43.8. The average Bonchev–Trinajstić information content (AvgIpc) is 2.35. The monoisotopic (exact) mass is 328 g/mol. The first-order valence-electron chi connectivity index (χ1n) is 8.01. The van der Waals surface area contributed by atoms with E-state index in [1.54, 1.807) is 0 Å². The summed E-state index contributed by atoms with van der Waals surface area (Å²) in [5.41, 5.74) is -0.258. The summed E-state index contributed by atoms with van der Waals surface area (Å²) in [5, 5.41) is 17.1. The van der Waals surface area contributed by atoms with Crippen molar-refractivity contribution >= 4 is 23.5 Å². The van der Waals surface area contributed by atoms with Gasteiger partial charge in [-0.1, -0.05) is 40.0 Å². The van der Waals surface area contributed by atoms with Crippen LogP contribution in [0.4, 0.5) is 0 Å². The molecule has 1 atom stereocenters. The van der Waals surface area contributed by atoms with Gasteiger partial charge in [-0.25, -0.2) is 0 Å². The van der Waals surface area contributed by atoms with Gasteiger partial charge in [0.1, 0.15) is 24.4 Å². The number of carboxylic acids is 2. The molecule has 6 heteroatoms. The highest BCUT2D eigenvalue weighted by Crippen LogP contribution is 2.34. The van der Waals surface area contributed by atoms with E-state index in [0.29, 0.717) is 12.8 Å². The summed E-state index contributed by atoms with van der Waals surface area (Å²) in [6.45, 7) is 5.98. The highest BCUT2D eigenvalue weighted by atomic mass is 16.4. The van der Waals surface area contributed by atoms with Crippen LogP contribution in [0.5, 0.6) is 0 Å². The topological polar surface area (TPSA) is 109 Å².